The van der Waals surface area contributed by atoms with Gasteiger partial charge < -0.3 is 15.1 Å². The average Bonchev–Trinajstić information content (AvgIpc) is 2.54. The molecule has 1 aliphatic heterocycles. The first-order valence-electron chi connectivity index (χ1n) is 7.90. The van der Waals surface area contributed by atoms with Gasteiger partial charge in [-0.15, -0.1) is 0 Å². The molecule has 1 heterocycles. The molecule has 0 spiro atoms. The summed E-state index contributed by atoms with van der Waals surface area (Å²) in [7, 11) is -0.371. The highest BCUT2D eigenvalue weighted by Crippen LogP contribution is 2.34. The number of aromatic carboxylic acids is 1. The van der Waals surface area contributed by atoms with E-state index in [2.05, 4.69) is 0 Å². The minimum Gasteiger partial charge on any atom is -0.478 e. The third kappa shape index (κ3) is 4.17. The normalized spacial score (nSPS) is 18.4. The number of sulfonamides is 1. The molecule has 1 saturated heterocycles. The summed E-state index contributed by atoms with van der Waals surface area (Å²) in [5, 5.41) is 18.7. The van der Waals surface area contributed by atoms with Crippen LogP contribution in [0.1, 0.15) is 23.2 Å². The summed E-state index contributed by atoms with van der Waals surface area (Å²) < 4.78 is 40.6. The molecule has 0 amide bonds. The Labute approximate surface area is 146 Å². The third-order valence-electron chi connectivity index (χ3n) is 4.57. The fourth-order valence-corrected chi connectivity index (χ4v) is 4.74. The molecular formula is C16H23FN2O5S. The molecule has 1 aliphatic rings. The molecule has 9 heteroatoms. The van der Waals surface area contributed by atoms with Gasteiger partial charge in [-0.1, -0.05) is 0 Å². The van der Waals surface area contributed by atoms with Crippen molar-refractivity contribution in [3.05, 3.63) is 29.6 Å². The number of piperidine rings is 1. The van der Waals surface area contributed by atoms with Crippen LogP contribution in [0.4, 0.5) is 4.39 Å². The Morgan fingerprint density at radius 3 is 2.40 bits per heavy atom. The van der Waals surface area contributed by atoms with E-state index in [-0.39, 0.29) is 25.3 Å². The van der Waals surface area contributed by atoms with Crippen molar-refractivity contribution in [1.29, 1.82) is 0 Å². The fourth-order valence-electron chi connectivity index (χ4n) is 3.21. The number of aliphatic hydroxyl groups is 1. The quantitative estimate of drug-likeness (QED) is 0.766. The lowest BCUT2D eigenvalue weighted by Crippen LogP contribution is -2.48. The molecular weight excluding hydrogens is 351 g/mol. The molecule has 0 saturated carbocycles. The van der Waals surface area contributed by atoms with Crippen molar-refractivity contribution in [1.82, 2.24) is 9.21 Å². The van der Waals surface area contributed by atoms with Crippen LogP contribution in [0.5, 0.6) is 0 Å². The number of carbonyl (C=O) groups is 1. The largest absolute Gasteiger partial charge is 0.478 e. The van der Waals surface area contributed by atoms with E-state index in [0.717, 1.165) is 22.5 Å². The van der Waals surface area contributed by atoms with Gasteiger partial charge in [0, 0.05) is 25.0 Å². The second kappa shape index (κ2) is 7.36. The van der Waals surface area contributed by atoms with E-state index < -0.39 is 32.1 Å². The molecule has 0 radical (unpaired) electrons. The van der Waals surface area contributed by atoms with Crippen LogP contribution in [-0.2, 0) is 10.0 Å². The average molecular weight is 374 g/mol. The first-order chi connectivity index (χ1) is 11.6. The minimum atomic E-state index is -4.14. The summed E-state index contributed by atoms with van der Waals surface area (Å²) in [5.41, 5.74) is -0.675. The molecule has 0 unspecified atom stereocenters. The zero-order chi connectivity index (χ0) is 18.8. The smallest absolute Gasteiger partial charge is 0.335 e. The third-order valence-corrected chi connectivity index (χ3v) is 6.48. The van der Waals surface area contributed by atoms with Gasteiger partial charge in [0.15, 0.2) is 0 Å². The van der Waals surface area contributed by atoms with Gasteiger partial charge in [-0.05, 0) is 45.1 Å². The van der Waals surface area contributed by atoms with Gasteiger partial charge in [0.05, 0.1) is 12.2 Å². The Hall–Kier alpha value is -1.55. The first kappa shape index (κ1) is 19.8. The van der Waals surface area contributed by atoms with Crippen LogP contribution >= 0.6 is 0 Å². The van der Waals surface area contributed by atoms with E-state index in [1.165, 1.54) is 0 Å². The van der Waals surface area contributed by atoms with Crippen molar-refractivity contribution < 1.29 is 27.8 Å². The number of nitrogens with zero attached hydrogens (tertiary/aromatic N) is 2. The molecule has 2 N–H and O–H groups in total. The molecule has 1 aromatic rings. The number of rotatable bonds is 6. The summed E-state index contributed by atoms with van der Waals surface area (Å²) in [6.45, 7) is 0.864. The Balaban J connectivity index is 2.25. The zero-order valence-corrected chi connectivity index (χ0v) is 15.1. The van der Waals surface area contributed by atoms with Crippen molar-refractivity contribution in [3.63, 3.8) is 0 Å². The van der Waals surface area contributed by atoms with Crippen LogP contribution in [0.2, 0.25) is 0 Å². The molecule has 1 aromatic carbocycles. The highest BCUT2D eigenvalue weighted by molar-refractivity contribution is 7.89. The molecule has 0 aliphatic carbocycles. The minimum absolute atomic E-state index is 0.0536. The van der Waals surface area contributed by atoms with Gasteiger partial charge in [-0.25, -0.2) is 17.6 Å². The molecule has 0 aromatic heterocycles. The lowest BCUT2D eigenvalue weighted by molar-refractivity contribution is 0.0441. The van der Waals surface area contributed by atoms with Gasteiger partial charge >= 0.3 is 5.97 Å². The van der Waals surface area contributed by atoms with E-state index in [1.807, 2.05) is 19.0 Å². The summed E-state index contributed by atoms with van der Waals surface area (Å²) in [5.74, 6) is -2.29. The van der Waals surface area contributed by atoms with Gasteiger partial charge in [-0.3, -0.25) is 0 Å². The highest BCUT2D eigenvalue weighted by atomic mass is 32.2. The number of hydrogen-bond donors (Lipinski definition) is 2. The lowest BCUT2D eigenvalue weighted by Gasteiger charge is -2.41. The van der Waals surface area contributed by atoms with Crippen LogP contribution < -0.4 is 0 Å². The van der Waals surface area contributed by atoms with E-state index in [1.54, 1.807) is 0 Å². The summed E-state index contributed by atoms with van der Waals surface area (Å²) >= 11 is 0. The number of hydrogen-bond acceptors (Lipinski definition) is 5. The molecule has 2 rings (SSSR count). The van der Waals surface area contributed by atoms with Gasteiger partial charge in [0.25, 0.3) is 0 Å². The van der Waals surface area contributed by atoms with Crippen LogP contribution in [-0.4, -0.2) is 74.1 Å². The van der Waals surface area contributed by atoms with Crippen molar-refractivity contribution in [2.75, 3.05) is 40.3 Å². The first-order valence-corrected chi connectivity index (χ1v) is 9.34. The van der Waals surface area contributed by atoms with Gasteiger partial charge in [0.1, 0.15) is 10.7 Å². The Bertz CT molecular complexity index is 743. The zero-order valence-electron chi connectivity index (χ0n) is 14.3. The Morgan fingerprint density at radius 1 is 1.32 bits per heavy atom. The van der Waals surface area contributed by atoms with Crippen LogP contribution in [0.15, 0.2) is 23.1 Å². The summed E-state index contributed by atoms with van der Waals surface area (Å²) in [4.78, 5) is 12.3. The topological polar surface area (TPSA) is 98.2 Å². The number of halogens is 1. The van der Waals surface area contributed by atoms with Gasteiger partial charge in [-0.2, -0.15) is 4.31 Å². The van der Waals surface area contributed by atoms with E-state index in [4.69, 9.17) is 5.11 Å². The predicted molar refractivity (Wildman–Crippen MR) is 89.4 cm³/mol. The number of carboxylic acids is 1. The second-order valence-electron chi connectivity index (χ2n) is 6.75. The van der Waals surface area contributed by atoms with Crippen LogP contribution in [0, 0.1) is 11.2 Å². The number of aliphatic hydroxyl groups excluding tert-OH is 1. The molecule has 0 bridgehead atoms. The summed E-state index contributed by atoms with van der Waals surface area (Å²) in [6.07, 6.45) is 0.891. The fraction of sp³-hybridized carbons (Fsp3) is 0.562. The maximum Gasteiger partial charge on any atom is 0.335 e. The van der Waals surface area contributed by atoms with Crippen molar-refractivity contribution >= 4 is 16.0 Å². The molecule has 140 valence electrons. The molecule has 7 nitrogen and oxygen atoms in total. The maximum atomic E-state index is 14.0. The Kier molecular flexibility index (Phi) is 5.82. The second-order valence-corrected chi connectivity index (χ2v) is 8.66. The molecule has 1 fully saturated rings. The van der Waals surface area contributed by atoms with Crippen LogP contribution in [0.3, 0.4) is 0 Å². The standard InChI is InChI=1S/C16H23FN2O5S/c1-18(2)10-16(11-20)5-7-19(8-6-16)25(23,24)14-9-12(15(21)22)3-4-13(14)17/h3-4,9,20H,5-8,10-11H2,1-2H3,(H,21,22). The summed E-state index contributed by atoms with van der Waals surface area (Å²) in [6, 6.07) is 2.73. The molecule has 0 atom stereocenters. The van der Waals surface area contributed by atoms with Crippen molar-refractivity contribution in [2.24, 2.45) is 5.41 Å². The van der Waals surface area contributed by atoms with E-state index in [0.29, 0.717) is 19.4 Å². The predicted octanol–water partition coefficient (Wildman–Crippen LogP) is 0.849. The van der Waals surface area contributed by atoms with E-state index >= 15 is 0 Å². The Morgan fingerprint density at radius 2 is 1.92 bits per heavy atom. The number of benzene rings is 1. The molecule has 25 heavy (non-hydrogen) atoms. The maximum absolute atomic E-state index is 14.0. The van der Waals surface area contributed by atoms with E-state index in [9.17, 15) is 22.7 Å². The lowest BCUT2D eigenvalue weighted by atomic mass is 9.79. The van der Waals surface area contributed by atoms with Crippen molar-refractivity contribution in [2.45, 2.75) is 17.7 Å². The number of carboxylic acid groups (broad SMARTS) is 1. The monoisotopic (exact) mass is 374 g/mol. The SMILES string of the molecule is CN(C)CC1(CO)CCN(S(=O)(=O)c2cc(C(=O)O)ccc2F)CC1. The van der Waals surface area contributed by atoms with Gasteiger partial charge in [0.2, 0.25) is 10.0 Å². The van der Waals surface area contributed by atoms with Crippen molar-refractivity contribution in [3.8, 4) is 0 Å². The highest BCUT2D eigenvalue weighted by Gasteiger charge is 2.39. The van der Waals surface area contributed by atoms with Crippen LogP contribution in [0.25, 0.3) is 0 Å².